The number of hydrogen-bond acceptors (Lipinski definition) is 4. The number of sulfonamides is 1. The van der Waals surface area contributed by atoms with E-state index in [4.69, 9.17) is 0 Å². The minimum atomic E-state index is -3.57. The van der Waals surface area contributed by atoms with Crippen LogP contribution >= 0.6 is 11.3 Å². The predicted octanol–water partition coefficient (Wildman–Crippen LogP) is 2.86. The zero-order valence-electron chi connectivity index (χ0n) is 11.7. The summed E-state index contributed by atoms with van der Waals surface area (Å²) in [5.41, 5.74) is 0. The van der Waals surface area contributed by atoms with Gasteiger partial charge in [0, 0.05) is 16.6 Å². The molecule has 0 radical (unpaired) electrons. The Hall–Kier alpha value is -0.950. The van der Waals surface area contributed by atoms with Crippen LogP contribution in [0.25, 0.3) is 10.1 Å². The molecule has 1 aliphatic rings. The molecule has 1 aromatic carbocycles. The lowest BCUT2D eigenvalue weighted by atomic mass is 9.83. The fourth-order valence-electron chi connectivity index (χ4n) is 2.72. The Bertz CT molecular complexity index is 732. The van der Waals surface area contributed by atoms with Crippen LogP contribution in [0, 0.1) is 5.92 Å². The molecule has 0 unspecified atom stereocenters. The van der Waals surface area contributed by atoms with Crippen molar-refractivity contribution >= 4 is 31.4 Å². The van der Waals surface area contributed by atoms with Crippen LogP contribution in [0.15, 0.2) is 29.2 Å². The molecular weight excluding hydrogens is 306 g/mol. The lowest BCUT2D eigenvalue weighted by Crippen LogP contribution is -2.28. The fourth-order valence-corrected chi connectivity index (χ4v) is 5.56. The molecule has 114 valence electrons. The standard InChI is InChI=1S/C15H19NO3S2/c17-10-14-15(12-6-1-2-7-13(12)20-14)21(18,19)16-9-8-11-4-3-5-11/h1-2,6-7,11,16-17H,3-5,8-10H2. The van der Waals surface area contributed by atoms with Gasteiger partial charge < -0.3 is 5.11 Å². The molecular formula is C15H19NO3S2. The summed E-state index contributed by atoms with van der Waals surface area (Å²) in [4.78, 5) is 0.756. The van der Waals surface area contributed by atoms with Crippen molar-refractivity contribution in [2.75, 3.05) is 6.54 Å². The molecule has 3 rings (SSSR count). The molecule has 2 N–H and O–H groups in total. The molecule has 1 aliphatic carbocycles. The third kappa shape index (κ3) is 2.99. The second-order valence-corrected chi connectivity index (χ2v) is 8.33. The van der Waals surface area contributed by atoms with Crippen molar-refractivity contribution in [1.29, 1.82) is 0 Å². The molecule has 0 bridgehead atoms. The lowest BCUT2D eigenvalue weighted by molar-refractivity contribution is 0.282. The highest BCUT2D eigenvalue weighted by molar-refractivity contribution is 7.90. The van der Waals surface area contributed by atoms with Crippen LogP contribution in [0.4, 0.5) is 0 Å². The quantitative estimate of drug-likeness (QED) is 0.858. The summed E-state index contributed by atoms with van der Waals surface area (Å²) in [6.07, 6.45) is 4.59. The van der Waals surface area contributed by atoms with Gasteiger partial charge in [-0.15, -0.1) is 11.3 Å². The fraction of sp³-hybridized carbons (Fsp3) is 0.467. The van der Waals surface area contributed by atoms with E-state index in [1.807, 2.05) is 18.2 Å². The predicted molar refractivity (Wildman–Crippen MR) is 84.9 cm³/mol. The number of benzene rings is 1. The van der Waals surface area contributed by atoms with E-state index in [1.54, 1.807) is 6.07 Å². The molecule has 6 heteroatoms. The average Bonchev–Trinajstić information content (AvgIpc) is 2.80. The van der Waals surface area contributed by atoms with Gasteiger partial charge in [-0.3, -0.25) is 0 Å². The summed E-state index contributed by atoms with van der Waals surface area (Å²) in [5.74, 6) is 0.671. The normalized spacial score (nSPS) is 16.2. The monoisotopic (exact) mass is 325 g/mol. The zero-order valence-corrected chi connectivity index (χ0v) is 13.3. The Morgan fingerprint density at radius 2 is 2.05 bits per heavy atom. The van der Waals surface area contributed by atoms with Crippen LogP contribution in [0.2, 0.25) is 0 Å². The van der Waals surface area contributed by atoms with Gasteiger partial charge in [-0.1, -0.05) is 37.5 Å². The number of thiophene rings is 1. The molecule has 1 heterocycles. The lowest BCUT2D eigenvalue weighted by Gasteiger charge is -2.25. The highest BCUT2D eigenvalue weighted by atomic mass is 32.2. The first-order valence-corrected chi connectivity index (χ1v) is 9.52. The van der Waals surface area contributed by atoms with E-state index in [0.717, 1.165) is 11.1 Å². The van der Waals surface area contributed by atoms with Gasteiger partial charge in [0.05, 0.1) is 11.5 Å². The molecule has 0 aliphatic heterocycles. The highest BCUT2D eigenvalue weighted by Gasteiger charge is 2.24. The number of hydrogen-bond donors (Lipinski definition) is 2. The van der Waals surface area contributed by atoms with E-state index in [-0.39, 0.29) is 11.5 Å². The molecule has 0 atom stereocenters. The van der Waals surface area contributed by atoms with Gasteiger partial charge in [0.1, 0.15) is 4.90 Å². The Kier molecular flexibility index (Phi) is 4.31. The van der Waals surface area contributed by atoms with Crippen LogP contribution in [-0.4, -0.2) is 20.1 Å². The third-order valence-electron chi connectivity index (χ3n) is 4.10. The van der Waals surface area contributed by atoms with Crippen molar-refractivity contribution in [2.24, 2.45) is 5.92 Å². The first-order chi connectivity index (χ1) is 10.1. The van der Waals surface area contributed by atoms with Gasteiger partial charge in [0.2, 0.25) is 10.0 Å². The Labute approximate surface area is 128 Å². The van der Waals surface area contributed by atoms with Crippen LogP contribution < -0.4 is 4.72 Å². The van der Waals surface area contributed by atoms with Crippen molar-refractivity contribution in [2.45, 2.75) is 37.2 Å². The third-order valence-corrected chi connectivity index (χ3v) is 6.97. The zero-order chi connectivity index (χ0) is 14.9. The van der Waals surface area contributed by atoms with Crippen LogP contribution in [0.3, 0.4) is 0 Å². The van der Waals surface area contributed by atoms with Crippen LogP contribution in [0.1, 0.15) is 30.6 Å². The molecule has 1 aromatic heterocycles. The molecule has 1 saturated carbocycles. The number of nitrogens with one attached hydrogen (secondary N) is 1. The van der Waals surface area contributed by atoms with E-state index >= 15 is 0 Å². The van der Waals surface area contributed by atoms with Crippen LogP contribution in [0.5, 0.6) is 0 Å². The molecule has 2 aromatic rings. The summed E-state index contributed by atoms with van der Waals surface area (Å²) in [7, 11) is -3.57. The second kappa shape index (κ2) is 6.04. The van der Waals surface area contributed by atoms with Crippen molar-refractivity contribution < 1.29 is 13.5 Å². The molecule has 0 amide bonds. The summed E-state index contributed by atoms with van der Waals surface area (Å²) in [6, 6.07) is 7.38. The molecule has 1 fully saturated rings. The van der Waals surface area contributed by atoms with Gasteiger partial charge in [-0.05, 0) is 18.4 Å². The van der Waals surface area contributed by atoms with Crippen molar-refractivity contribution in [1.82, 2.24) is 4.72 Å². The maximum atomic E-state index is 12.6. The molecule has 4 nitrogen and oxygen atoms in total. The molecule has 21 heavy (non-hydrogen) atoms. The van der Waals surface area contributed by atoms with Gasteiger partial charge in [-0.25, -0.2) is 13.1 Å². The Balaban J connectivity index is 1.86. The van der Waals surface area contributed by atoms with E-state index in [1.165, 1.54) is 30.6 Å². The minimum absolute atomic E-state index is 0.249. The maximum Gasteiger partial charge on any atom is 0.242 e. The number of aliphatic hydroxyl groups is 1. The Morgan fingerprint density at radius 1 is 1.29 bits per heavy atom. The number of fused-ring (bicyclic) bond motifs is 1. The number of rotatable bonds is 6. The number of aliphatic hydroxyl groups excluding tert-OH is 1. The first kappa shape index (κ1) is 15.0. The minimum Gasteiger partial charge on any atom is -0.391 e. The van der Waals surface area contributed by atoms with Gasteiger partial charge in [-0.2, -0.15) is 0 Å². The first-order valence-electron chi connectivity index (χ1n) is 7.23. The van der Waals surface area contributed by atoms with E-state index in [0.29, 0.717) is 22.7 Å². The van der Waals surface area contributed by atoms with E-state index in [2.05, 4.69) is 4.72 Å². The van der Waals surface area contributed by atoms with Gasteiger partial charge in [0.15, 0.2) is 0 Å². The SMILES string of the molecule is O=S(=O)(NCCC1CCC1)c1c(CO)sc2ccccc12. The summed E-state index contributed by atoms with van der Waals surface area (Å²) in [5, 5.41) is 10.2. The topological polar surface area (TPSA) is 66.4 Å². The summed E-state index contributed by atoms with van der Waals surface area (Å²) in [6.45, 7) is 0.222. The van der Waals surface area contributed by atoms with E-state index in [9.17, 15) is 13.5 Å². The largest absolute Gasteiger partial charge is 0.391 e. The Morgan fingerprint density at radius 3 is 2.71 bits per heavy atom. The van der Waals surface area contributed by atoms with Crippen molar-refractivity contribution in [3.8, 4) is 0 Å². The highest BCUT2D eigenvalue weighted by Crippen LogP contribution is 2.35. The van der Waals surface area contributed by atoms with Gasteiger partial charge in [0.25, 0.3) is 0 Å². The van der Waals surface area contributed by atoms with Crippen LogP contribution in [-0.2, 0) is 16.6 Å². The smallest absolute Gasteiger partial charge is 0.242 e. The van der Waals surface area contributed by atoms with Gasteiger partial charge >= 0.3 is 0 Å². The van der Waals surface area contributed by atoms with Crippen molar-refractivity contribution in [3.05, 3.63) is 29.1 Å². The summed E-state index contributed by atoms with van der Waals surface area (Å²) >= 11 is 1.34. The average molecular weight is 325 g/mol. The van der Waals surface area contributed by atoms with Crippen molar-refractivity contribution in [3.63, 3.8) is 0 Å². The molecule has 0 saturated heterocycles. The molecule has 0 spiro atoms. The maximum absolute atomic E-state index is 12.6. The van der Waals surface area contributed by atoms with E-state index < -0.39 is 10.0 Å². The second-order valence-electron chi connectivity index (χ2n) is 5.49. The summed E-state index contributed by atoms with van der Waals surface area (Å²) < 4.78 is 28.7.